The molecule has 1 N–H and O–H groups in total. The molecule has 1 amide bonds. The highest BCUT2D eigenvalue weighted by atomic mass is 32.2. The molecule has 0 radical (unpaired) electrons. The Balaban J connectivity index is 1.75. The summed E-state index contributed by atoms with van der Waals surface area (Å²) in [5, 5.41) is 0. The number of amides is 1. The second kappa shape index (κ2) is 8.33. The zero-order valence-corrected chi connectivity index (χ0v) is 15.8. The molecule has 0 aromatic heterocycles. The number of carbonyl (C=O) groups is 1. The summed E-state index contributed by atoms with van der Waals surface area (Å²) in [5.41, 5.74) is 2.77. The molecule has 0 saturated heterocycles. The van der Waals surface area contributed by atoms with Crippen molar-refractivity contribution in [1.29, 1.82) is 0 Å². The summed E-state index contributed by atoms with van der Waals surface area (Å²) in [6.45, 7) is 4.75. The molecular formula is C21H22N2O3S. The lowest BCUT2D eigenvalue weighted by molar-refractivity contribution is 0.0772. The van der Waals surface area contributed by atoms with Crippen LogP contribution < -0.4 is 4.72 Å². The number of sulfonamides is 1. The average Bonchev–Trinajstić information content (AvgIpc) is 2.72. The van der Waals surface area contributed by atoms with Gasteiger partial charge in [0.25, 0.3) is 5.91 Å². The number of nitrogens with one attached hydrogen (secondary N) is 1. The molecule has 0 saturated carbocycles. The van der Waals surface area contributed by atoms with Crippen LogP contribution in [0.15, 0.2) is 78.2 Å². The van der Waals surface area contributed by atoms with Crippen molar-refractivity contribution in [3.63, 3.8) is 0 Å². The van der Waals surface area contributed by atoms with Gasteiger partial charge in [0.2, 0.25) is 10.0 Å². The number of carbonyl (C=O) groups excluding carboxylic acids is 1. The van der Waals surface area contributed by atoms with Gasteiger partial charge in [0.1, 0.15) is 0 Å². The number of hydrogen-bond donors (Lipinski definition) is 1. The van der Waals surface area contributed by atoms with Crippen LogP contribution in [-0.2, 0) is 10.0 Å². The Labute approximate surface area is 160 Å². The third-order valence-corrected chi connectivity index (χ3v) is 5.87. The molecule has 6 heteroatoms. The van der Waals surface area contributed by atoms with Gasteiger partial charge in [-0.05, 0) is 35.8 Å². The predicted molar refractivity (Wildman–Crippen MR) is 107 cm³/mol. The largest absolute Gasteiger partial charge is 0.335 e. The lowest BCUT2D eigenvalue weighted by Gasteiger charge is -2.27. The van der Waals surface area contributed by atoms with E-state index in [1.54, 1.807) is 17.0 Å². The minimum Gasteiger partial charge on any atom is -0.335 e. The van der Waals surface area contributed by atoms with Gasteiger partial charge in [-0.15, -0.1) is 6.58 Å². The van der Waals surface area contributed by atoms with Crippen LogP contribution in [0.5, 0.6) is 0 Å². The van der Waals surface area contributed by atoms with Gasteiger partial charge in [-0.1, -0.05) is 48.6 Å². The molecule has 1 aliphatic heterocycles. The van der Waals surface area contributed by atoms with Crippen molar-refractivity contribution in [3.8, 4) is 0 Å². The van der Waals surface area contributed by atoms with E-state index in [4.69, 9.17) is 0 Å². The molecule has 0 fully saturated rings. The first-order chi connectivity index (χ1) is 13.0. The molecule has 3 rings (SSSR count). The Morgan fingerprint density at radius 3 is 2.59 bits per heavy atom. The van der Waals surface area contributed by atoms with Crippen LogP contribution in [0.3, 0.4) is 0 Å². The van der Waals surface area contributed by atoms with E-state index >= 15 is 0 Å². The molecule has 0 aliphatic carbocycles. The zero-order valence-electron chi connectivity index (χ0n) is 15.0. The summed E-state index contributed by atoms with van der Waals surface area (Å²) >= 11 is 0. The fourth-order valence-corrected chi connectivity index (χ4v) is 4.04. The standard InChI is InChI=1S/C21H22N2O3S/c1-2-13-22-27(25,26)20-10-6-9-19(16-20)21(24)23-14-11-18(12-15-23)17-7-4-3-5-8-17/h2-11,16,22H,1,12-15H2. The maximum absolute atomic E-state index is 12.8. The van der Waals surface area contributed by atoms with E-state index in [0.717, 1.165) is 6.42 Å². The predicted octanol–water partition coefficient (Wildman–Crippen LogP) is 3.08. The Morgan fingerprint density at radius 2 is 1.93 bits per heavy atom. The number of nitrogens with zero attached hydrogens (tertiary/aromatic N) is 1. The van der Waals surface area contributed by atoms with E-state index in [2.05, 4.69) is 29.5 Å². The summed E-state index contributed by atoms with van der Waals surface area (Å²) in [7, 11) is -3.66. The lowest BCUT2D eigenvalue weighted by atomic mass is 9.99. The van der Waals surface area contributed by atoms with Gasteiger partial charge in [0.05, 0.1) is 4.90 Å². The molecule has 140 valence electrons. The lowest BCUT2D eigenvalue weighted by Crippen LogP contribution is -2.34. The number of benzene rings is 2. The quantitative estimate of drug-likeness (QED) is 0.781. The van der Waals surface area contributed by atoms with Gasteiger partial charge in [0, 0.05) is 25.2 Å². The first-order valence-corrected chi connectivity index (χ1v) is 10.2. The highest BCUT2D eigenvalue weighted by Gasteiger charge is 2.21. The first-order valence-electron chi connectivity index (χ1n) is 8.75. The zero-order chi connectivity index (χ0) is 19.3. The summed E-state index contributed by atoms with van der Waals surface area (Å²) in [6.07, 6.45) is 4.30. The Hall–Kier alpha value is -2.70. The highest BCUT2D eigenvalue weighted by molar-refractivity contribution is 7.89. The van der Waals surface area contributed by atoms with Crippen molar-refractivity contribution in [1.82, 2.24) is 9.62 Å². The Morgan fingerprint density at radius 1 is 1.15 bits per heavy atom. The van der Waals surface area contributed by atoms with Crippen LogP contribution in [0.1, 0.15) is 22.3 Å². The van der Waals surface area contributed by atoms with Gasteiger partial charge in [-0.3, -0.25) is 4.79 Å². The molecule has 2 aromatic rings. The fraction of sp³-hybridized carbons (Fsp3) is 0.190. The van der Waals surface area contributed by atoms with Crippen LogP contribution >= 0.6 is 0 Å². The molecule has 27 heavy (non-hydrogen) atoms. The number of rotatable bonds is 6. The third kappa shape index (κ3) is 4.53. The van der Waals surface area contributed by atoms with Crippen molar-refractivity contribution in [3.05, 3.63) is 84.5 Å². The van der Waals surface area contributed by atoms with E-state index in [0.29, 0.717) is 18.7 Å². The molecule has 1 heterocycles. The Bertz CT molecular complexity index is 966. The maximum Gasteiger partial charge on any atom is 0.254 e. The molecule has 0 spiro atoms. The topological polar surface area (TPSA) is 66.5 Å². The van der Waals surface area contributed by atoms with Gasteiger partial charge in [0.15, 0.2) is 0 Å². The van der Waals surface area contributed by atoms with E-state index in [9.17, 15) is 13.2 Å². The first kappa shape index (κ1) is 19.1. The van der Waals surface area contributed by atoms with Gasteiger partial charge < -0.3 is 4.90 Å². The minimum atomic E-state index is -3.66. The van der Waals surface area contributed by atoms with Gasteiger partial charge >= 0.3 is 0 Å². The molecule has 0 atom stereocenters. The summed E-state index contributed by atoms with van der Waals surface area (Å²) in [6, 6.07) is 16.2. The van der Waals surface area contributed by atoms with Crippen LogP contribution in [0.2, 0.25) is 0 Å². The summed E-state index contributed by atoms with van der Waals surface area (Å²) in [4.78, 5) is 14.6. The van der Waals surface area contributed by atoms with Gasteiger partial charge in [-0.2, -0.15) is 0 Å². The number of hydrogen-bond acceptors (Lipinski definition) is 3. The second-order valence-corrected chi connectivity index (χ2v) is 8.03. The van der Waals surface area contributed by atoms with Gasteiger partial charge in [-0.25, -0.2) is 13.1 Å². The smallest absolute Gasteiger partial charge is 0.254 e. The van der Waals surface area contributed by atoms with E-state index in [1.165, 1.54) is 29.3 Å². The van der Waals surface area contributed by atoms with Crippen LogP contribution in [0, 0.1) is 0 Å². The van der Waals surface area contributed by atoms with Crippen molar-refractivity contribution in [2.45, 2.75) is 11.3 Å². The van der Waals surface area contributed by atoms with E-state index < -0.39 is 10.0 Å². The van der Waals surface area contributed by atoms with Crippen molar-refractivity contribution in [2.75, 3.05) is 19.6 Å². The molecule has 0 bridgehead atoms. The molecule has 2 aromatic carbocycles. The monoisotopic (exact) mass is 382 g/mol. The van der Waals surface area contributed by atoms with Crippen LogP contribution in [0.4, 0.5) is 0 Å². The van der Waals surface area contributed by atoms with Crippen molar-refractivity contribution in [2.24, 2.45) is 0 Å². The van der Waals surface area contributed by atoms with Crippen LogP contribution in [0.25, 0.3) is 5.57 Å². The maximum atomic E-state index is 12.8. The fourth-order valence-electron chi connectivity index (χ4n) is 3.00. The van der Waals surface area contributed by atoms with E-state index in [-0.39, 0.29) is 17.3 Å². The Kier molecular flexibility index (Phi) is 5.88. The average molecular weight is 382 g/mol. The molecule has 0 unspecified atom stereocenters. The minimum absolute atomic E-state index is 0.0766. The van der Waals surface area contributed by atoms with Crippen LogP contribution in [-0.4, -0.2) is 38.9 Å². The van der Waals surface area contributed by atoms with Crippen molar-refractivity contribution >= 4 is 21.5 Å². The molecular weight excluding hydrogens is 360 g/mol. The summed E-state index contributed by atoms with van der Waals surface area (Å²) < 4.78 is 26.9. The summed E-state index contributed by atoms with van der Waals surface area (Å²) in [5.74, 6) is -0.167. The van der Waals surface area contributed by atoms with Crippen molar-refractivity contribution < 1.29 is 13.2 Å². The third-order valence-electron chi connectivity index (χ3n) is 4.45. The second-order valence-electron chi connectivity index (χ2n) is 6.26. The van der Waals surface area contributed by atoms with E-state index in [1.807, 2.05) is 18.2 Å². The molecule has 1 aliphatic rings. The highest BCUT2D eigenvalue weighted by Crippen LogP contribution is 2.23. The SMILES string of the molecule is C=CCNS(=O)(=O)c1cccc(C(=O)N2CC=C(c3ccccc3)CC2)c1. The molecule has 5 nitrogen and oxygen atoms in total. The normalized spacial score (nSPS) is 14.5.